The Labute approximate surface area is 217 Å². The summed E-state index contributed by atoms with van der Waals surface area (Å²) in [5.41, 5.74) is -0.418. The Morgan fingerprint density at radius 3 is 2.06 bits per heavy atom. The smallest absolute Gasteiger partial charge is 0.347 e. The fourth-order valence-corrected chi connectivity index (χ4v) is 2.92. The molecule has 0 spiro atoms. The Morgan fingerprint density at radius 2 is 1.51 bits per heavy atom. The molecule has 12 heteroatoms. The lowest BCUT2D eigenvalue weighted by Gasteiger charge is -2.27. The van der Waals surface area contributed by atoms with Crippen LogP contribution >= 0.6 is 34.8 Å². The van der Waals surface area contributed by atoms with E-state index in [-0.39, 0.29) is 24.0 Å². The molecule has 194 valence electrons. The zero-order chi connectivity index (χ0) is 26.6. The van der Waals surface area contributed by atoms with Gasteiger partial charge in [-0.05, 0) is 49.7 Å². The van der Waals surface area contributed by atoms with E-state index in [2.05, 4.69) is 0 Å². The lowest BCUT2D eigenvalue weighted by atomic mass is 9.93. The van der Waals surface area contributed by atoms with Crippen molar-refractivity contribution < 1.29 is 44.2 Å². The molecule has 0 bridgehead atoms. The largest absolute Gasteiger partial charge is 0.482 e. The normalized spacial score (nSPS) is 11.7. The van der Waals surface area contributed by atoms with E-state index in [1.54, 1.807) is 24.3 Å². The van der Waals surface area contributed by atoms with Gasteiger partial charge in [0.25, 0.3) is 0 Å². The Bertz CT molecular complexity index is 972. The number of hydrogen-bond acceptors (Lipinski definition) is 8. The molecule has 35 heavy (non-hydrogen) atoms. The van der Waals surface area contributed by atoms with Crippen molar-refractivity contribution in [2.24, 2.45) is 5.41 Å². The minimum atomic E-state index is -1.28. The average molecular weight is 554 g/mol. The van der Waals surface area contributed by atoms with Gasteiger partial charge in [-0.2, -0.15) is 0 Å². The second-order valence-electron chi connectivity index (χ2n) is 7.51. The highest BCUT2D eigenvalue weighted by atomic mass is 35.5. The van der Waals surface area contributed by atoms with Crippen molar-refractivity contribution in [3.8, 4) is 11.5 Å². The predicted molar refractivity (Wildman–Crippen MR) is 131 cm³/mol. The highest BCUT2D eigenvalue weighted by molar-refractivity contribution is 6.35. The van der Waals surface area contributed by atoms with E-state index in [9.17, 15) is 9.59 Å². The lowest BCUT2D eigenvalue weighted by molar-refractivity contribution is -0.158. The first-order valence-electron chi connectivity index (χ1n) is 10.2. The molecule has 0 saturated heterocycles. The van der Waals surface area contributed by atoms with Gasteiger partial charge in [0, 0.05) is 10.0 Å². The maximum absolute atomic E-state index is 11.9. The number of hydrogen-bond donors (Lipinski definition) is 4. The van der Waals surface area contributed by atoms with Crippen LogP contribution in [0.2, 0.25) is 15.1 Å². The molecule has 2 rings (SSSR count). The second kappa shape index (κ2) is 15.0. The van der Waals surface area contributed by atoms with Crippen LogP contribution in [0.4, 0.5) is 0 Å². The summed E-state index contributed by atoms with van der Waals surface area (Å²) >= 11 is 17.4. The van der Waals surface area contributed by atoms with Gasteiger partial charge in [-0.25, -0.2) is 9.59 Å². The fraction of sp³-hybridized carbons (Fsp3) is 0.391. The Balaban J connectivity index is 0.000000400. The molecule has 0 radical (unpaired) electrons. The van der Waals surface area contributed by atoms with Gasteiger partial charge in [0.1, 0.15) is 18.1 Å². The molecule has 2 aromatic rings. The van der Waals surface area contributed by atoms with Crippen LogP contribution in [-0.2, 0) is 14.3 Å². The number of carboxylic acids is 1. The van der Waals surface area contributed by atoms with Crippen LogP contribution in [0.1, 0.15) is 12.5 Å². The van der Waals surface area contributed by atoms with Gasteiger partial charge in [0.05, 0.1) is 30.3 Å². The maximum Gasteiger partial charge on any atom is 0.347 e. The monoisotopic (exact) mass is 552 g/mol. The molecule has 9 nitrogen and oxygen atoms in total. The first-order valence-corrected chi connectivity index (χ1v) is 11.3. The molecule has 0 amide bonds. The highest BCUT2D eigenvalue weighted by Gasteiger charge is 2.31. The van der Waals surface area contributed by atoms with Crippen LogP contribution in [0.5, 0.6) is 11.5 Å². The summed E-state index contributed by atoms with van der Waals surface area (Å²) in [5, 5.41) is 37.1. The third-order valence-electron chi connectivity index (χ3n) is 4.56. The van der Waals surface area contributed by atoms with E-state index in [1.807, 2.05) is 6.92 Å². The van der Waals surface area contributed by atoms with Gasteiger partial charge in [-0.3, -0.25) is 0 Å². The van der Waals surface area contributed by atoms with Crippen molar-refractivity contribution in [2.45, 2.75) is 20.0 Å². The van der Waals surface area contributed by atoms with E-state index in [0.717, 1.165) is 5.56 Å². The van der Waals surface area contributed by atoms with E-state index >= 15 is 0 Å². The third-order valence-corrected chi connectivity index (χ3v) is 5.32. The molecule has 2 aromatic carbocycles. The average Bonchev–Trinajstić information content (AvgIpc) is 2.82. The zero-order valence-electron chi connectivity index (χ0n) is 19.0. The van der Waals surface area contributed by atoms with Crippen molar-refractivity contribution in [1.82, 2.24) is 0 Å². The number of esters is 1. The molecular formula is C23H27Cl3O9. The molecule has 0 aliphatic heterocycles. The molecule has 0 aliphatic rings. The molecule has 0 heterocycles. The summed E-state index contributed by atoms with van der Waals surface area (Å²) in [6, 6.07) is 9.66. The number of rotatable bonds is 11. The summed E-state index contributed by atoms with van der Waals surface area (Å²) < 4.78 is 15.3. The molecule has 1 unspecified atom stereocenters. The quantitative estimate of drug-likeness (QED) is 0.308. The summed E-state index contributed by atoms with van der Waals surface area (Å²) in [6.45, 7) is 1.04. The second-order valence-corrected chi connectivity index (χ2v) is 8.79. The topological polar surface area (TPSA) is 143 Å². The van der Waals surface area contributed by atoms with Crippen LogP contribution in [0.25, 0.3) is 0 Å². The first kappa shape index (κ1) is 30.8. The van der Waals surface area contributed by atoms with Gasteiger partial charge in [0.15, 0.2) is 12.7 Å². The van der Waals surface area contributed by atoms with Crippen LogP contribution in [0.3, 0.4) is 0 Å². The van der Waals surface area contributed by atoms with E-state index < -0.39 is 43.3 Å². The molecule has 4 N–H and O–H groups in total. The number of aryl methyl sites for hydroxylation is 1. The number of carbonyl (C=O) groups is 2. The molecular weight excluding hydrogens is 527 g/mol. The summed E-state index contributed by atoms with van der Waals surface area (Å²) in [4.78, 5) is 22.1. The van der Waals surface area contributed by atoms with Gasteiger partial charge < -0.3 is 34.6 Å². The number of benzene rings is 2. The van der Waals surface area contributed by atoms with Crippen molar-refractivity contribution in [3.05, 3.63) is 57.0 Å². The zero-order valence-corrected chi connectivity index (χ0v) is 21.3. The molecule has 0 saturated carbocycles. The molecule has 0 fully saturated rings. The minimum absolute atomic E-state index is 0.252. The number of aliphatic hydroxyl groups is 3. The number of carboxylic acid groups (broad SMARTS) is 1. The maximum atomic E-state index is 11.9. The Kier molecular flexibility index (Phi) is 13.2. The highest BCUT2D eigenvalue weighted by Crippen LogP contribution is 2.28. The van der Waals surface area contributed by atoms with E-state index in [4.69, 9.17) is 69.4 Å². The Morgan fingerprint density at radius 1 is 0.943 bits per heavy atom. The van der Waals surface area contributed by atoms with Crippen LogP contribution in [-0.4, -0.2) is 71.5 Å². The molecule has 1 atom stereocenters. The third kappa shape index (κ3) is 10.5. The number of aliphatic hydroxyl groups excluding tert-OH is 3. The number of halogens is 3. The van der Waals surface area contributed by atoms with Crippen molar-refractivity contribution in [3.63, 3.8) is 0 Å². The first-order chi connectivity index (χ1) is 16.5. The molecule has 0 aromatic heterocycles. The fourth-order valence-electron chi connectivity index (χ4n) is 2.31. The van der Waals surface area contributed by atoms with E-state index in [0.29, 0.717) is 15.8 Å². The van der Waals surface area contributed by atoms with Crippen molar-refractivity contribution in [2.75, 3.05) is 33.0 Å². The van der Waals surface area contributed by atoms with E-state index in [1.165, 1.54) is 19.1 Å². The van der Waals surface area contributed by atoms with Gasteiger partial charge in [-0.15, -0.1) is 0 Å². The van der Waals surface area contributed by atoms with Gasteiger partial charge >= 0.3 is 11.9 Å². The van der Waals surface area contributed by atoms with Gasteiger partial charge in [0.2, 0.25) is 0 Å². The SMILES string of the molecule is CC(Oc1ccc(Cl)cc1Cl)C(=O)OCC(CO)(CO)CO.Cc1ccc(Cl)cc1OCC(=O)O. The number of aliphatic carboxylic acids is 1. The predicted octanol–water partition coefficient (Wildman–Crippen LogP) is 3.38. The van der Waals surface area contributed by atoms with Crippen LogP contribution < -0.4 is 9.47 Å². The summed E-state index contributed by atoms with van der Waals surface area (Å²) in [5.74, 6) is -0.937. The lowest BCUT2D eigenvalue weighted by Crippen LogP contribution is -2.41. The Hall–Kier alpha value is -2.27. The standard InChI is InChI=1S/C14H18Cl2O6.C9H9ClO3/c1-9(22-12-3-2-10(15)4-11(12)16)13(20)21-8-14(5-17,6-18)7-19;1-6-2-3-7(10)4-8(6)13-5-9(11)12/h2-4,9,17-19H,5-8H2,1H3;2-4H,5H2,1H3,(H,11,12). The van der Waals surface area contributed by atoms with Crippen molar-refractivity contribution >= 4 is 46.7 Å². The number of ether oxygens (including phenoxy) is 3. The van der Waals surface area contributed by atoms with Crippen LogP contribution in [0, 0.1) is 12.3 Å². The summed E-state index contributed by atoms with van der Waals surface area (Å²) in [6.07, 6.45) is -0.965. The van der Waals surface area contributed by atoms with Crippen LogP contribution in [0.15, 0.2) is 36.4 Å². The summed E-state index contributed by atoms with van der Waals surface area (Å²) in [7, 11) is 0. The minimum Gasteiger partial charge on any atom is -0.482 e. The van der Waals surface area contributed by atoms with Crippen molar-refractivity contribution in [1.29, 1.82) is 0 Å². The van der Waals surface area contributed by atoms with Gasteiger partial charge in [-0.1, -0.05) is 40.9 Å². The number of carbonyl (C=O) groups excluding carboxylic acids is 1. The molecule has 0 aliphatic carbocycles.